The molecular weight excluding hydrogens is 304 g/mol. The number of ether oxygens (including phenoxy) is 3. The predicted molar refractivity (Wildman–Crippen MR) is 67.0 cm³/mol. The van der Waals surface area contributed by atoms with Crippen LogP contribution in [0.25, 0.3) is 0 Å². The number of hydrogen-bond donors (Lipinski definition) is 7. The zero-order valence-electron chi connectivity index (χ0n) is 11.9. The zero-order chi connectivity index (χ0) is 16.7. The van der Waals surface area contributed by atoms with Gasteiger partial charge in [0.15, 0.2) is 12.4 Å². The van der Waals surface area contributed by atoms with Crippen LogP contribution >= 0.6 is 0 Å². The molecule has 0 amide bonds. The van der Waals surface area contributed by atoms with Crippen molar-refractivity contribution in [1.29, 1.82) is 0 Å². The highest BCUT2D eigenvalue weighted by Crippen LogP contribution is 2.35. The van der Waals surface area contributed by atoms with E-state index in [0.717, 1.165) is 0 Å². The van der Waals surface area contributed by atoms with Gasteiger partial charge >= 0.3 is 5.97 Å². The zero-order valence-corrected chi connectivity index (χ0v) is 11.9. The Kier molecular flexibility index (Phi) is 5.39. The van der Waals surface area contributed by atoms with Crippen molar-refractivity contribution in [3.8, 4) is 0 Å². The fraction of sp³-hybridized carbons (Fsp3) is 1.00. The van der Waals surface area contributed by atoms with Crippen LogP contribution in [0.3, 0.4) is 0 Å². The monoisotopic (exact) mass is 326 g/mol. The van der Waals surface area contributed by atoms with Crippen LogP contribution < -0.4 is 0 Å². The Labute approximate surface area is 126 Å². The van der Waals surface area contributed by atoms with Crippen molar-refractivity contribution in [1.82, 2.24) is 0 Å². The van der Waals surface area contributed by atoms with E-state index in [2.05, 4.69) is 0 Å². The summed E-state index contributed by atoms with van der Waals surface area (Å²) in [7, 11) is 0. The Morgan fingerprint density at radius 3 is 2.09 bits per heavy atom. The van der Waals surface area contributed by atoms with Gasteiger partial charge in [-0.05, 0) is 6.42 Å². The molecule has 10 nitrogen and oxygen atoms in total. The second kappa shape index (κ2) is 6.61. The van der Waals surface area contributed by atoms with Crippen LogP contribution in [0.5, 0.6) is 0 Å². The molecule has 0 radical (unpaired) electrons. The van der Waals surface area contributed by atoms with Gasteiger partial charge in [0.05, 0.1) is 12.7 Å². The van der Waals surface area contributed by atoms with Crippen molar-refractivity contribution in [2.75, 3.05) is 6.61 Å². The highest BCUT2D eigenvalue weighted by Gasteiger charge is 2.57. The molecule has 2 aliphatic rings. The molecule has 0 spiro atoms. The van der Waals surface area contributed by atoms with Crippen molar-refractivity contribution in [2.45, 2.75) is 68.3 Å². The topological polar surface area (TPSA) is 169 Å². The van der Waals surface area contributed by atoms with Gasteiger partial charge < -0.3 is 45.2 Å². The van der Waals surface area contributed by atoms with Crippen molar-refractivity contribution in [3.63, 3.8) is 0 Å². The first-order valence-electron chi connectivity index (χ1n) is 6.99. The minimum Gasteiger partial charge on any atom is -0.394 e. The van der Waals surface area contributed by atoms with E-state index in [-0.39, 0.29) is 6.42 Å². The van der Waals surface area contributed by atoms with Crippen molar-refractivity contribution in [3.05, 3.63) is 0 Å². The highest BCUT2D eigenvalue weighted by molar-refractivity contribution is 4.93. The first kappa shape index (κ1) is 17.9. The molecule has 0 aliphatic carbocycles. The minimum absolute atomic E-state index is 0.276. The van der Waals surface area contributed by atoms with E-state index in [4.69, 9.17) is 19.3 Å². The molecule has 22 heavy (non-hydrogen) atoms. The van der Waals surface area contributed by atoms with Crippen LogP contribution in [-0.4, -0.2) is 97.3 Å². The van der Waals surface area contributed by atoms with Gasteiger partial charge in [-0.1, -0.05) is 6.92 Å². The van der Waals surface area contributed by atoms with E-state index >= 15 is 0 Å². The smallest absolute Gasteiger partial charge is 0.313 e. The van der Waals surface area contributed by atoms with Gasteiger partial charge in [0, 0.05) is 0 Å². The molecule has 0 aromatic heterocycles. The molecule has 9 unspecified atom stereocenters. The molecule has 9 atom stereocenters. The molecule has 2 aliphatic heterocycles. The minimum atomic E-state index is -2.66. The lowest BCUT2D eigenvalue weighted by atomic mass is 9.99. The summed E-state index contributed by atoms with van der Waals surface area (Å²) in [4.78, 5) is 0. The Hall–Kier alpha value is -0.400. The molecule has 0 bridgehead atoms. The summed E-state index contributed by atoms with van der Waals surface area (Å²) in [6, 6.07) is 0. The molecule has 2 fully saturated rings. The third kappa shape index (κ3) is 2.99. The molecule has 0 saturated carbocycles. The molecular formula is C12H22O10. The SMILES string of the molecule is CCC1OC(O)(OC2OC(CO)C(O)C(O)C2O)C(O)C1O. The number of aliphatic hydroxyl groups is 7. The predicted octanol–water partition coefficient (Wildman–Crippen LogP) is -4.02. The molecule has 7 N–H and O–H groups in total. The second-order valence-corrected chi connectivity index (χ2v) is 5.45. The van der Waals surface area contributed by atoms with Crippen molar-refractivity contribution in [2.24, 2.45) is 0 Å². The van der Waals surface area contributed by atoms with Gasteiger partial charge in [0.25, 0.3) is 0 Å². The average molecular weight is 326 g/mol. The summed E-state index contributed by atoms with van der Waals surface area (Å²) in [5.41, 5.74) is 0. The first-order chi connectivity index (χ1) is 10.2. The number of aliphatic hydroxyl groups excluding tert-OH is 6. The van der Waals surface area contributed by atoms with Crippen LogP contribution in [0.15, 0.2) is 0 Å². The van der Waals surface area contributed by atoms with Crippen molar-refractivity contribution >= 4 is 0 Å². The van der Waals surface area contributed by atoms with Gasteiger partial charge in [0.1, 0.15) is 30.5 Å². The van der Waals surface area contributed by atoms with E-state index in [1.54, 1.807) is 6.92 Å². The van der Waals surface area contributed by atoms with E-state index in [1.165, 1.54) is 0 Å². The maximum atomic E-state index is 10.2. The summed E-state index contributed by atoms with van der Waals surface area (Å²) < 4.78 is 15.1. The lowest BCUT2D eigenvalue weighted by molar-refractivity contribution is -0.442. The molecule has 2 heterocycles. The van der Waals surface area contributed by atoms with E-state index < -0.39 is 61.6 Å². The lowest BCUT2D eigenvalue weighted by Gasteiger charge is -2.42. The standard InChI is InChI=1S/C12H22O10/c1-2-4-7(15)10(18)12(19,21-4)22-11-9(17)8(16)6(14)5(3-13)20-11/h4-11,13-19H,2-3H2,1H3. The summed E-state index contributed by atoms with van der Waals surface area (Å²) >= 11 is 0. The van der Waals surface area contributed by atoms with Crippen LogP contribution in [0, 0.1) is 0 Å². The third-order valence-electron chi connectivity index (χ3n) is 3.93. The molecule has 2 saturated heterocycles. The van der Waals surface area contributed by atoms with Gasteiger partial charge in [-0.3, -0.25) is 4.74 Å². The van der Waals surface area contributed by atoms with Gasteiger partial charge in [-0.2, -0.15) is 0 Å². The van der Waals surface area contributed by atoms with E-state index in [0.29, 0.717) is 0 Å². The summed E-state index contributed by atoms with van der Waals surface area (Å²) in [5.74, 6) is -2.66. The Morgan fingerprint density at radius 2 is 1.59 bits per heavy atom. The van der Waals surface area contributed by atoms with Gasteiger partial charge in [-0.15, -0.1) is 0 Å². The highest BCUT2D eigenvalue weighted by atomic mass is 16.9. The fourth-order valence-corrected chi connectivity index (χ4v) is 2.53. The normalized spacial score (nSPS) is 52.9. The molecule has 10 heteroatoms. The average Bonchev–Trinajstić information content (AvgIpc) is 2.72. The number of hydrogen-bond acceptors (Lipinski definition) is 10. The molecule has 0 aromatic carbocycles. The van der Waals surface area contributed by atoms with Crippen LogP contribution in [0.4, 0.5) is 0 Å². The molecule has 0 aromatic rings. The Morgan fingerprint density at radius 1 is 0.955 bits per heavy atom. The van der Waals surface area contributed by atoms with Crippen LogP contribution in [0.1, 0.15) is 13.3 Å². The molecule has 2 rings (SSSR count). The summed E-state index contributed by atoms with van der Waals surface area (Å²) in [6.45, 7) is 0.979. The van der Waals surface area contributed by atoms with Crippen molar-refractivity contribution < 1.29 is 50.0 Å². The maximum absolute atomic E-state index is 10.2. The number of rotatable bonds is 4. The van der Waals surface area contributed by atoms with Crippen LogP contribution in [0.2, 0.25) is 0 Å². The summed E-state index contributed by atoms with van der Waals surface area (Å²) in [6.07, 6.45) is -11.9. The third-order valence-corrected chi connectivity index (χ3v) is 3.93. The lowest BCUT2D eigenvalue weighted by Crippen LogP contribution is -2.62. The second-order valence-electron chi connectivity index (χ2n) is 5.45. The summed E-state index contributed by atoms with van der Waals surface area (Å²) in [5, 5.41) is 67.9. The van der Waals surface area contributed by atoms with Crippen LogP contribution in [-0.2, 0) is 14.2 Å². The fourth-order valence-electron chi connectivity index (χ4n) is 2.53. The largest absolute Gasteiger partial charge is 0.394 e. The Balaban J connectivity index is 2.12. The maximum Gasteiger partial charge on any atom is 0.313 e. The quantitative estimate of drug-likeness (QED) is 0.253. The van der Waals surface area contributed by atoms with Gasteiger partial charge in [-0.25, -0.2) is 0 Å². The van der Waals surface area contributed by atoms with Gasteiger partial charge in [0.2, 0.25) is 0 Å². The Bertz CT molecular complexity index is 379. The van der Waals surface area contributed by atoms with E-state index in [1.807, 2.05) is 0 Å². The van der Waals surface area contributed by atoms with E-state index in [9.17, 15) is 30.6 Å². The first-order valence-corrected chi connectivity index (χ1v) is 6.99. The molecule has 130 valence electrons.